The zero-order chi connectivity index (χ0) is 26.7. The number of anilines is 2. The molecule has 9 heteroatoms. The average molecular weight is 554 g/mol. The molecule has 2 aromatic carbocycles. The van der Waals surface area contributed by atoms with Crippen molar-refractivity contribution in [1.29, 1.82) is 0 Å². The van der Waals surface area contributed by atoms with Gasteiger partial charge in [-0.15, -0.1) is 0 Å². The van der Waals surface area contributed by atoms with Crippen LogP contribution in [0.3, 0.4) is 0 Å². The highest BCUT2D eigenvalue weighted by Gasteiger charge is 2.31. The molecule has 3 aromatic rings. The summed E-state index contributed by atoms with van der Waals surface area (Å²) in [5.41, 5.74) is 4.18. The van der Waals surface area contributed by atoms with Gasteiger partial charge in [-0.05, 0) is 61.6 Å². The van der Waals surface area contributed by atoms with Crippen molar-refractivity contribution >= 4 is 57.4 Å². The lowest BCUT2D eigenvalue weighted by Crippen LogP contribution is -2.38. The third-order valence-corrected chi connectivity index (χ3v) is 8.86. The van der Waals surface area contributed by atoms with E-state index in [0.29, 0.717) is 29.6 Å². The molecule has 0 radical (unpaired) electrons. The molecule has 1 saturated heterocycles. The van der Waals surface area contributed by atoms with Gasteiger partial charge < -0.3 is 25.3 Å². The van der Waals surface area contributed by atoms with Gasteiger partial charge >= 0.3 is 0 Å². The number of carbonyl (C=O) groups excluding carboxylic acids is 1. The Balaban J connectivity index is 1.26. The molecule has 0 bridgehead atoms. The SMILES string of the molecule is Cn1c(Nc2cc(CNC(=S)C3(C)CCCCC3)ccc2Cl)nc2cc(C(=O)NCC3CCCO3)ccc21. The van der Waals surface area contributed by atoms with Crippen molar-refractivity contribution < 1.29 is 9.53 Å². The molecular formula is C29H36ClN5O2S. The maximum atomic E-state index is 12.7. The van der Waals surface area contributed by atoms with Crippen LogP contribution in [0.1, 0.15) is 67.8 Å². The molecule has 1 unspecified atom stereocenters. The fourth-order valence-corrected chi connectivity index (χ4v) is 5.86. The lowest BCUT2D eigenvalue weighted by atomic mass is 9.75. The molecule has 2 aliphatic rings. The first-order valence-electron chi connectivity index (χ1n) is 13.5. The van der Waals surface area contributed by atoms with E-state index < -0.39 is 0 Å². The van der Waals surface area contributed by atoms with Gasteiger partial charge in [0.05, 0.1) is 32.8 Å². The Kier molecular flexibility index (Phi) is 8.21. The number of benzene rings is 2. The van der Waals surface area contributed by atoms with Gasteiger partial charge in [0.15, 0.2) is 0 Å². The molecule has 2 fully saturated rings. The molecule has 1 atom stereocenters. The summed E-state index contributed by atoms with van der Waals surface area (Å²) in [7, 11) is 1.94. The zero-order valence-corrected chi connectivity index (χ0v) is 23.7. The lowest BCUT2D eigenvalue weighted by Gasteiger charge is -2.34. The van der Waals surface area contributed by atoms with Crippen LogP contribution in [-0.4, -0.2) is 39.7 Å². The number of amides is 1. The number of nitrogens with zero attached hydrogens (tertiary/aromatic N) is 2. The Bertz CT molecular complexity index is 1330. The maximum absolute atomic E-state index is 12.7. The van der Waals surface area contributed by atoms with Gasteiger partial charge in [0.25, 0.3) is 5.91 Å². The Morgan fingerprint density at radius 1 is 1.16 bits per heavy atom. The van der Waals surface area contributed by atoms with E-state index in [1.54, 1.807) is 0 Å². The minimum Gasteiger partial charge on any atom is -0.376 e. The monoisotopic (exact) mass is 553 g/mol. The van der Waals surface area contributed by atoms with Gasteiger partial charge in [-0.2, -0.15) is 0 Å². The topological polar surface area (TPSA) is 80.2 Å². The molecule has 2 heterocycles. The molecule has 1 saturated carbocycles. The summed E-state index contributed by atoms with van der Waals surface area (Å²) >= 11 is 12.3. The molecule has 5 rings (SSSR count). The average Bonchev–Trinajstić information content (AvgIpc) is 3.55. The molecule has 1 aromatic heterocycles. The number of ether oxygens (including phenoxy) is 1. The molecule has 7 nitrogen and oxygen atoms in total. The zero-order valence-electron chi connectivity index (χ0n) is 22.1. The normalized spacial score (nSPS) is 18.9. The van der Waals surface area contributed by atoms with Gasteiger partial charge in [0, 0.05) is 37.7 Å². The van der Waals surface area contributed by atoms with Crippen LogP contribution in [0.15, 0.2) is 36.4 Å². The molecule has 1 aliphatic carbocycles. The highest BCUT2D eigenvalue weighted by atomic mass is 35.5. The van der Waals surface area contributed by atoms with Crippen molar-refractivity contribution in [2.75, 3.05) is 18.5 Å². The first kappa shape index (κ1) is 26.9. The summed E-state index contributed by atoms with van der Waals surface area (Å²) in [6.45, 7) is 4.22. The fourth-order valence-electron chi connectivity index (χ4n) is 5.42. The second-order valence-corrected chi connectivity index (χ2v) is 11.6. The van der Waals surface area contributed by atoms with Crippen LogP contribution in [0.2, 0.25) is 5.02 Å². The number of nitrogens with one attached hydrogen (secondary N) is 3. The second kappa shape index (κ2) is 11.6. The molecule has 3 N–H and O–H groups in total. The van der Waals surface area contributed by atoms with Crippen LogP contribution in [0.25, 0.3) is 11.0 Å². The minimum absolute atomic E-state index is 0.0915. The van der Waals surface area contributed by atoms with Crippen molar-refractivity contribution in [2.24, 2.45) is 12.5 Å². The highest BCUT2D eigenvalue weighted by Crippen LogP contribution is 2.37. The summed E-state index contributed by atoms with van der Waals surface area (Å²) in [4.78, 5) is 18.4. The molecule has 1 aliphatic heterocycles. The molecular weight excluding hydrogens is 518 g/mol. The van der Waals surface area contributed by atoms with E-state index >= 15 is 0 Å². The van der Waals surface area contributed by atoms with Gasteiger partial charge in [-0.1, -0.05) is 56.1 Å². The summed E-state index contributed by atoms with van der Waals surface area (Å²) in [5.74, 6) is 0.528. The second-order valence-electron chi connectivity index (χ2n) is 10.8. The third-order valence-electron chi connectivity index (χ3n) is 7.89. The van der Waals surface area contributed by atoms with Gasteiger partial charge in [-0.25, -0.2) is 4.98 Å². The Morgan fingerprint density at radius 2 is 1.97 bits per heavy atom. The summed E-state index contributed by atoms with van der Waals surface area (Å²) in [6.07, 6.45) is 8.23. The quantitative estimate of drug-likeness (QED) is 0.285. The Morgan fingerprint density at radius 3 is 2.74 bits per heavy atom. The predicted molar refractivity (Wildman–Crippen MR) is 157 cm³/mol. The largest absolute Gasteiger partial charge is 0.376 e. The van der Waals surface area contributed by atoms with E-state index in [-0.39, 0.29) is 17.4 Å². The first-order chi connectivity index (χ1) is 18.3. The Labute approximate surface area is 234 Å². The van der Waals surface area contributed by atoms with Gasteiger partial charge in [0.2, 0.25) is 5.95 Å². The smallest absolute Gasteiger partial charge is 0.251 e. The van der Waals surface area contributed by atoms with Crippen molar-refractivity contribution in [3.8, 4) is 0 Å². The van der Waals surface area contributed by atoms with Crippen molar-refractivity contribution in [3.05, 3.63) is 52.5 Å². The Hall–Kier alpha value is -2.68. The number of imidazole rings is 1. The number of carbonyl (C=O) groups is 1. The molecule has 0 spiro atoms. The number of rotatable bonds is 8. The maximum Gasteiger partial charge on any atom is 0.251 e. The van der Waals surface area contributed by atoms with Crippen LogP contribution in [0, 0.1) is 5.41 Å². The number of halogens is 1. The fraction of sp³-hybridized carbons (Fsp3) is 0.483. The summed E-state index contributed by atoms with van der Waals surface area (Å²) in [5, 5.41) is 10.5. The van der Waals surface area contributed by atoms with Gasteiger partial charge in [0.1, 0.15) is 0 Å². The van der Waals surface area contributed by atoms with E-state index in [1.165, 1.54) is 19.3 Å². The third kappa shape index (κ3) is 5.98. The molecule has 38 heavy (non-hydrogen) atoms. The number of hydrogen-bond acceptors (Lipinski definition) is 5. The van der Waals surface area contributed by atoms with Crippen LogP contribution >= 0.6 is 23.8 Å². The van der Waals surface area contributed by atoms with Crippen molar-refractivity contribution in [3.63, 3.8) is 0 Å². The van der Waals surface area contributed by atoms with E-state index in [0.717, 1.165) is 59.6 Å². The standard InChI is InChI=1S/C29H36ClN5O2S/c1-29(12-4-3-5-13-29)27(38)32-17-19-8-10-22(30)23(15-19)33-28-34-24-16-20(9-11-25(24)35(28)2)26(36)31-18-21-7-6-14-37-21/h8-11,15-16,21H,3-7,12-14,17-18H2,1-2H3,(H,31,36)(H,32,38)(H,33,34). The van der Waals surface area contributed by atoms with Crippen molar-refractivity contribution in [2.45, 2.75) is 64.5 Å². The molecule has 1 amide bonds. The lowest BCUT2D eigenvalue weighted by molar-refractivity contribution is 0.0858. The first-order valence-corrected chi connectivity index (χ1v) is 14.3. The van der Waals surface area contributed by atoms with Crippen LogP contribution in [0.4, 0.5) is 11.6 Å². The van der Waals surface area contributed by atoms with Crippen LogP contribution in [0.5, 0.6) is 0 Å². The summed E-state index contributed by atoms with van der Waals surface area (Å²) < 4.78 is 7.56. The number of thiocarbonyl (C=S) groups is 1. The van der Waals surface area contributed by atoms with E-state index in [1.807, 2.05) is 48.0 Å². The number of aromatic nitrogens is 2. The van der Waals surface area contributed by atoms with E-state index in [2.05, 4.69) is 22.9 Å². The summed E-state index contributed by atoms with van der Waals surface area (Å²) in [6, 6.07) is 11.5. The van der Waals surface area contributed by atoms with E-state index in [4.69, 9.17) is 33.5 Å². The number of aryl methyl sites for hydroxylation is 1. The number of hydrogen-bond donors (Lipinski definition) is 3. The van der Waals surface area contributed by atoms with Crippen LogP contribution < -0.4 is 16.0 Å². The van der Waals surface area contributed by atoms with Crippen LogP contribution in [-0.2, 0) is 18.3 Å². The minimum atomic E-state index is -0.120. The van der Waals surface area contributed by atoms with Crippen molar-refractivity contribution in [1.82, 2.24) is 20.2 Å². The highest BCUT2D eigenvalue weighted by molar-refractivity contribution is 7.80. The van der Waals surface area contributed by atoms with Gasteiger partial charge in [-0.3, -0.25) is 4.79 Å². The number of fused-ring (bicyclic) bond motifs is 1. The van der Waals surface area contributed by atoms with E-state index in [9.17, 15) is 4.79 Å². The molecule has 202 valence electrons. The predicted octanol–water partition coefficient (Wildman–Crippen LogP) is 6.27.